The molecular weight excluding hydrogens is 442 g/mol. The molecule has 170 valence electrons. The highest BCUT2D eigenvalue weighted by molar-refractivity contribution is 7.99. The minimum atomic E-state index is -0.0126. The minimum absolute atomic E-state index is 0.0126. The number of aryl methyl sites for hydroxylation is 2. The standard InChI is InChI=1S/C24H29N3O3S2/c1-26(16-8-3-2-4-9-16)20(28)15-31-24-25-22-21(18-11-5-6-12-19(18)32-22)23(29)27(24)14-17-10-7-13-30-17/h7,10,13,16H,2-6,8-9,11-12,14-15H2,1H3. The van der Waals surface area contributed by atoms with Crippen LogP contribution in [0.5, 0.6) is 0 Å². The van der Waals surface area contributed by atoms with Crippen molar-refractivity contribution in [2.24, 2.45) is 0 Å². The molecule has 32 heavy (non-hydrogen) atoms. The summed E-state index contributed by atoms with van der Waals surface area (Å²) < 4.78 is 7.22. The molecule has 2 aliphatic rings. The second kappa shape index (κ2) is 9.43. The molecule has 0 bridgehead atoms. The average Bonchev–Trinajstić information content (AvgIpc) is 3.47. The Balaban J connectivity index is 1.45. The molecule has 8 heteroatoms. The van der Waals surface area contributed by atoms with Gasteiger partial charge in [-0.15, -0.1) is 11.3 Å². The SMILES string of the molecule is CN(C(=O)CSc1nc2sc3c(c2c(=O)n1Cc1ccco1)CCCC3)C1CCCCC1. The van der Waals surface area contributed by atoms with Crippen LogP contribution < -0.4 is 5.56 Å². The summed E-state index contributed by atoms with van der Waals surface area (Å²) in [5.41, 5.74) is 1.17. The van der Waals surface area contributed by atoms with Crippen LogP contribution in [0, 0.1) is 0 Å². The van der Waals surface area contributed by atoms with E-state index < -0.39 is 0 Å². The van der Waals surface area contributed by atoms with Crippen LogP contribution in [-0.2, 0) is 24.2 Å². The number of rotatable bonds is 6. The van der Waals surface area contributed by atoms with Gasteiger partial charge >= 0.3 is 0 Å². The molecule has 0 unspecified atom stereocenters. The van der Waals surface area contributed by atoms with Gasteiger partial charge in [0.05, 0.1) is 23.9 Å². The molecule has 1 amide bonds. The van der Waals surface area contributed by atoms with Crippen LogP contribution in [0.2, 0.25) is 0 Å². The van der Waals surface area contributed by atoms with Crippen molar-refractivity contribution >= 4 is 39.2 Å². The van der Waals surface area contributed by atoms with Crippen LogP contribution in [0.25, 0.3) is 10.2 Å². The zero-order valence-corrected chi connectivity index (χ0v) is 20.1. The van der Waals surface area contributed by atoms with E-state index in [0.29, 0.717) is 23.5 Å². The molecule has 0 atom stereocenters. The second-order valence-electron chi connectivity index (χ2n) is 8.84. The van der Waals surface area contributed by atoms with E-state index in [9.17, 15) is 9.59 Å². The van der Waals surface area contributed by atoms with Gasteiger partial charge in [0.15, 0.2) is 5.16 Å². The Labute approximate surface area is 196 Å². The van der Waals surface area contributed by atoms with Crippen LogP contribution in [0.4, 0.5) is 0 Å². The lowest BCUT2D eigenvalue weighted by Crippen LogP contribution is -2.39. The third kappa shape index (κ3) is 4.27. The van der Waals surface area contributed by atoms with E-state index in [2.05, 4.69) is 0 Å². The Morgan fingerprint density at radius 3 is 2.84 bits per heavy atom. The topological polar surface area (TPSA) is 68.3 Å². The van der Waals surface area contributed by atoms with E-state index in [1.54, 1.807) is 22.2 Å². The highest BCUT2D eigenvalue weighted by Crippen LogP contribution is 2.35. The molecule has 0 aliphatic heterocycles. The quantitative estimate of drug-likeness (QED) is 0.379. The maximum Gasteiger partial charge on any atom is 0.263 e. The van der Waals surface area contributed by atoms with Crippen molar-refractivity contribution in [3.63, 3.8) is 0 Å². The van der Waals surface area contributed by atoms with E-state index in [1.165, 1.54) is 47.9 Å². The van der Waals surface area contributed by atoms with Gasteiger partial charge in [-0.05, 0) is 56.2 Å². The van der Waals surface area contributed by atoms with Gasteiger partial charge in [0.25, 0.3) is 5.56 Å². The molecule has 1 saturated carbocycles. The van der Waals surface area contributed by atoms with Crippen molar-refractivity contribution in [1.82, 2.24) is 14.5 Å². The number of hydrogen-bond acceptors (Lipinski definition) is 6. The van der Waals surface area contributed by atoms with Crippen molar-refractivity contribution in [3.8, 4) is 0 Å². The number of thioether (sulfide) groups is 1. The molecular formula is C24H29N3O3S2. The number of aromatic nitrogens is 2. The van der Waals surface area contributed by atoms with E-state index in [4.69, 9.17) is 9.40 Å². The van der Waals surface area contributed by atoms with Gasteiger partial charge in [0.1, 0.15) is 10.6 Å². The molecule has 0 aromatic carbocycles. The molecule has 2 aliphatic carbocycles. The Kier molecular flexibility index (Phi) is 6.42. The Morgan fingerprint density at radius 2 is 2.06 bits per heavy atom. The van der Waals surface area contributed by atoms with Crippen molar-refractivity contribution in [2.45, 2.75) is 75.5 Å². The first-order chi connectivity index (χ1) is 15.6. The third-order valence-corrected chi connectivity index (χ3v) is 8.92. The van der Waals surface area contributed by atoms with Crippen LogP contribution in [0.15, 0.2) is 32.8 Å². The fraction of sp³-hybridized carbons (Fsp3) is 0.542. The lowest BCUT2D eigenvalue weighted by atomic mass is 9.94. The third-order valence-electron chi connectivity index (χ3n) is 6.77. The van der Waals surface area contributed by atoms with E-state index >= 15 is 0 Å². The van der Waals surface area contributed by atoms with E-state index in [-0.39, 0.29) is 17.2 Å². The summed E-state index contributed by atoms with van der Waals surface area (Å²) in [6.45, 7) is 0.328. The van der Waals surface area contributed by atoms with Crippen LogP contribution in [-0.4, -0.2) is 39.2 Å². The second-order valence-corrected chi connectivity index (χ2v) is 10.9. The molecule has 0 spiro atoms. The summed E-state index contributed by atoms with van der Waals surface area (Å²) in [6.07, 6.45) is 11.7. The molecule has 6 nitrogen and oxygen atoms in total. The fourth-order valence-electron chi connectivity index (χ4n) is 4.93. The van der Waals surface area contributed by atoms with Gasteiger partial charge < -0.3 is 9.32 Å². The monoisotopic (exact) mass is 471 g/mol. The summed E-state index contributed by atoms with van der Waals surface area (Å²) in [7, 11) is 1.92. The summed E-state index contributed by atoms with van der Waals surface area (Å²) in [4.78, 5) is 35.5. The Hall–Kier alpha value is -2.06. The van der Waals surface area contributed by atoms with E-state index in [1.807, 2.05) is 24.1 Å². The molecule has 3 aromatic rings. The molecule has 0 N–H and O–H groups in total. The van der Waals surface area contributed by atoms with Crippen LogP contribution in [0.3, 0.4) is 0 Å². The summed E-state index contributed by atoms with van der Waals surface area (Å²) in [6, 6.07) is 4.03. The molecule has 3 heterocycles. The number of fused-ring (bicyclic) bond motifs is 3. The molecule has 0 radical (unpaired) electrons. The van der Waals surface area contributed by atoms with Gasteiger partial charge in [0.2, 0.25) is 5.91 Å². The van der Waals surface area contributed by atoms with Crippen molar-refractivity contribution in [1.29, 1.82) is 0 Å². The van der Waals surface area contributed by atoms with Gasteiger partial charge in [0, 0.05) is 18.0 Å². The number of amides is 1. The molecule has 3 aromatic heterocycles. The van der Waals surface area contributed by atoms with E-state index in [0.717, 1.165) is 42.3 Å². The van der Waals surface area contributed by atoms with Crippen LogP contribution in [0.1, 0.15) is 61.1 Å². The zero-order valence-electron chi connectivity index (χ0n) is 18.5. The minimum Gasteiger partial charge on any atom is -0.467 e. The van der Waals surface area contributed by atoms with Gasteiger partial charge in [-0.25, -0.2) is 4.98 Å². The summed E-state index contributed by atoms with van der Waals surface area (Å²) in [5, 5.41) is 1.37. The Bertz CT molecular complexity index is 1160. The number of nitrogens with zero attached hydrogens (tertiary/aromatic N) is 3. The maximum atomic E-state index is 13.6. The van der Waals surface area contributed by atoms with Crippen molar-refractivity contribution in [2.75, 3.05) is 12.8 Å². The smallest absolute Gasteiger partial charge is 0.263 e. The summed E-state index contributed by atoms with van der Waals surface area (Å²) in [5.74, 6) is 1.10. The summed E-state index contributed by atoms with van der Waals surface area (Å²) >= 11 is 3.02. The highest BCUT2D eigenvalue weighted by atomic mass is 32.2. The number of hydrogen-bond donors (Lipinski definition) is 0. The predicted octanol–water partition coefficient (Wildman–Crippen LogP) is 4.86. The first-order valence-electron chi connectivity index (χ1n) is 11.6. The molecule has 5 rings (SSSR count). The predicted molar refractivity (Wildman–Crippen MR) is 129 cm³/mol. The first kappa shape index (κ1) is 21.8. The number of carbonyl (C=O) groups is 1. The zero-order chi connectivity index (χ0) is 22.1. The van der Waals surface area contributed by atoms with Crippen molar-refractivity contribution in [3.05, 3.63) is 45.0 Å². The number of carbonyl (C=O) groups excluding carboxylic acids is 1. The molecule has 0 saturated heterocycles. The van der Waals surface area contributed by atoms with Crippen molar-refractivity contribution < 1.29 is 9.21 Å². The largest absolute Gasteiger partial charge is 0.467 e. The van der Waals surface area contributed by atoms with Gasteiger partial charge in [-0.3, -0.25) is 14.2 Å². The van der Waals surface area contributed by atoms with Crippen LogP contribution >= 0.6 is 23.1 Å². The Morgan fingerprint density at radius 1 is 1.25 bits per heavy atom. The van der Waals surface area contributed by atoms with Gasteiger partial charge in [-0.2, -0.15) is 0 Å². The first-order valence-corrected chi connectivity index (χ1v) is 13.4. The highest BCUT2D eigenvalue weighted by Gasteiger charge is 2.25. The molecule has 1 fully saturated rings. The normalized spacial score (nSPS) is 16.9. The fourth-order valence-corrected chi connectivity index (χ4v) is 7.15. The van der Waals surface area contributed by atoms with Gasteiger partial charge in [-0.1, -0.05) is 31.0 Å². The lowest BCUT2D eigenvalue weighted by Gasteiger charge is -2.31. The average molecular weight is 472 g/mol. The number of thiophene rings is 1. The lowest BCUT2D eigenvalue weighted by molar-refractivity contribution is -0.129. The maximum absolute atomic E-state index is 13.6. The number of furan rings is 1.